The van der Waals surface area contributed by atoms with Crippen molar-refractivity contribution in [3.05, 3.63) is 38.3 Å². The van der Waals surface area contributed by atoms with Gasteiger partial charge in [-0.15, -0.1) is 0 Å². The third kappa shape index (κ3) is 4.26. The van der Waals surface area contributed by atoms with E-state index in [9.17, 15) is 15.2 Å². The van der Waals surface area contributed by atoms with Gasteiger partial charge < -0.3 is 10.4 Å². The Balaban J connectivity index is 1.89. The molecule has 1 aromatic rings. The molecule has 0 radical (unpaired) electrons. The average Bonchev–Trinajstić information content (AvgIpc) is 2.40. The molecule has 0 spiro atoms. The van der Waals surface area contributed by atoms with E-state index < -0.39 is 0 Å². The number of nitrogens with one attached hydrogen (secondary N) is 1. The molecule has 0 amide bonds. The lowest BCUT2D eigenvalue weighted by molar-refractivity contribution is -0.385. The van der Waals surface area contributed by atoms with Crippen molar-refractivity contribution < 1.29 is 10.0 Å². The molecular weight excluding hydrogens is 324 g/mol. The summed E-state index contributed by atoms with van der Waals surface area (Å²) in [6, 6.07) is 5.11. The Labute approximate surface area is 126 Å². The number of aliphatic hydroxyl groups is 1. The molecule has 0 saturated heterocycles. The second-order valence-corrected chi connectivity index (χ2v) is 6.26. The molecule has 0 aromatic heterocycles. The third-order valence-electron chi connectivity index (χ3n) is 3.75. The maximum Gasteiger partial charge on any atom is 0.275 e. The van der Waals surface area contributed by atoms with E-state index >= 15 is 0 Å². The normalized spacial score (nSPS) is 22.7. The molecule has 20 heavy (non-hydrogen) atoms. The molecule has 6 heteroatoms. The SMILES string of the molecule is O=[N+]([O-])c1cc(Br)ccc1CNCC1CCCC(O)C1. The molecular formula is C14H19BrN2O3. The molecule has 0 aliphatic heterocycles. The van der Waals surface area contributed by atoms with Gasteiger partial charge in [0.1, 0.15) is 0 Å². The van der Waals surface area contributed by atoms with Gasteiger partial charge in [-0.05, 0) is 43.9 Å². The molecule has 2 rings (SSSR count). The smallest absolute Gasteiger partial charge is 0.275 e. The lowest BCUT2D eigenvalue weighted by atomic mass is 9.87. The summed E-state index contributed by atoms with van der Waals surface area (Å²) >= 11 is 3.25. The third-order valence-corrected chi connectivity index (χ3v) is 4.24. The summed E-state index contributed by atoms with van der Waals surface area (Å²) in [6.07, 6.45) is 3.72. The number of halogens is 1. The quantitative estimate of drug-likeness (QED) is 0.637. The zero-order valence-electron chi connectivity index (χ0n) is 11.2. The highest BCUT2D eigenvalue weighted by atomic mass is 79.9. The molecule has 1 aliphatic carbocycles. The van der Waals surface area contributed by atoms with Crippen molar-refractivity contribution in [3.8, 4) is 0 Å². The summed E-state index contributed by atoms with van der Waals surface area (Å²) < 4.78 is 0.711. The topological polar surface area (TPSA) is 75.4 Å². The van der Waals surface area contributed by atoms with E-state index in [-0.39, 0.29) is 16.7 Å². The van der Waals surface area contributed by atoms with Crippen LogP contribution in [0.5, 0.6) is 0 Å². The maximum absolute atomic E-state index is 11.0. The van der Waals surface area contributed by atoms with E-state index in [2.05, 4.69) is 21.2 Å². The van der Waals surface area contributed by atoms with E-state index in [0.717, 1.165) is 32.2 Å². The summed E-state index contributed by atoms with van der Waals surface area (Å²) in [5, 5.41) is 23.9. The van der Waals surface area contributed by atoms with Crippen LogP contribution in [0.2, 0.25) is 0 Å². The first-order valence-corrected chi connectivity index (χ1v) is 7.67. The molecule has 5 nitrogen and oxygen atoms in total. The Hall–Kier alpha value is -0.980. The van der Waals surface area contributed by atoms with Crippen LogP contribution in [0.1, 0.15) is 31.2 Å². The van der Waals surface area contributed by atoms with Crippen molar-refractivity contribution in [2.24, 2.45) is 5.92 Å². The Bertz CT molecular complexity index is 481. The van der Waals surface area contributed by atoms with Crippen LogP contribution in [-0.4, -0.2) is 22.7 Å². The van der Waals surface area contributed by atoms with Gasteiger partial charge in [0.2, 0.25) is 0 Å². The van der Waals surface area contributed by atoms with Gasteiger partial charge >= 0.3 is 0 Å². The van der Waals surface area contributed by atoms with Crippen molar-refractivity contribution >= 4 is 21.6 Å². The van der Waals surface area contributed by atoms with E-state index in [1.165, 1.54) is 6.07 Å². The Morgan fingerprint density at radius 2 is 2.25 bits per heavy atom. The fraction of sp³-hybridized carbons (Fsp3) is 0.571. The van der Waals surface area contributed by atoms with E-state index in [4.69, 9.17) is 0 Å². The van der Waals surface area contributed by atoms with Gasteiger partial charge in [-0.25, -0.2) is 0 Å². The molecule has 110 valence electrons. The van der Waals surface area contributed by atoms with E-state index in [1.54, 1.807) is 6.07 Å². The molecule has 1 aromatic carbocycles. The fourth-order valence-corrected chi connectivity index (χ4v) is 3.06. The lowest BCUT2D eigenvalue weighted by Crippen LogP contribution is -2.29. The Morgan fingerprint density at radius 3 is 2.95 bits per heavy atom. The summed E-state index contributed by atoms with van der Waals surface area (Å²) in [6.45, 7) is 1.28. The zero-order valence-corrected chi connectivity index (χ0v) is 12.8. The summed E-state index contributed by atoms with van der Waals surface area (Å²) in [4.78, 5) is 10.7. The first-order chi connectivity index (χ1) is 9.56. The van der Waals surface area contributed by atoms with Gasteiger partial charge in [0.25, 0.3) is 5.69 Å². The van der Waals surface area contributed by atoms with Crippen molar-refractivity contribution in [2.45, 2.75) is 38.3 Å². The van der Waals surface area contributed by atoms with Crippen molar-refractivity contribution in [3.63, 3.8) is 0 Å². The van der Waals surface area contributed by atoms with Crippen LogP contribution in [0.4, 0.5) is 5.69 Å². The van der Waals surface area contributed by atoms with Crippen LogP contribution < -0.4 is 5.32 Å². The number of benzene rings is 1. The first kappa shape index (κ1) is 15.4. The van der Waals surface area contributed by atoms with Gasteiger partial charge in [0.15, 0.2) is 0 Å². The highest BCUT2D eigenvalue weighted by Crippen LogP contribution is 2.25. The molecule has 0 bridgehead atoms. The van der Waals surface area contributed by atoms with Crippen molar-refractivity contribution in [2.75, 3.05) is 6.54 Å². The lowest BCUT2D eigenvalue weighted by Gasteiger charge is -2.26. The van der Waals surface area contributed by atoms with Gasteiger partial charge in [0.05, 0.1) is 11.0 Å². The number of hydrogen-bond acceptors (Lipinski definition) is 4. The minimum atomic E-state index is -0.355. The maximum atomic E-state index is 11.0. The number of nitro groups is 1. The number of nitrogens with zero attached hydrogens (tertiary/aromatic N) is 1. The Morgan fingerprint density at radius 1 is 1.45 bits per heavy atom. The highest BCUT2D eigenvalue weighted by molar-refractivity contribution is 9.10. The zero-order chi connectivity index (χ0) is 14.5. The molecule has 1 fully saturated rings. The van der Waals surface area contributed by atoms with Crippen LogP contribution in [-0.2, 0) is 6.54 Å². The van der Waals surface area contributed by atoms with Crippen LogP contribution >= 0.6 is 15.9 Å². The van der Waals surface area contributed by atoms with Gasteiger partial charge in [0, 0.05) is 22.6 Å². The average molecular weight is 343 g/mol. The van der Waals surface area contributed by atoms with Gasteiger partial charge in [-0.1, -0.05) is 22.4 Å². The largest absolute Gasteiger partial charge is 0.393 e. The predicted octanol–water partition coefficient (Wildman–Crippen LogP) is 3.00. The number of rotatable bonds is 5. The minimum Gasteiger partial charge on any atom is -0.393 e. The van der Waals surface area contributed by atoms with Gasteiger partial charge in [-0.2, -0.15) is 0 Å². The standard InChI is InChI=1S/C14H19BrN2O3/c15-12-5-4-11(14(7-12)17(19)20)9-16-8-10-2-1-3-13(18)6-10/h4-5,7,10,13,16,18H,1-3,6,8-9H2. The molecule has 2 N–H and O–H groups in total. The summed E-state index contributed by atoms with van der Waals surface area (Å²) in [7, 11) is 0. The number of nitro benzene ring substituents is 1. The Kier molecular flexibility index (Phi) is 5.51. The first-order valence-electron chi connectivity index (χ1n) is 6.88. The van der Waals surface area contributed by atoms with Gasteiger partial charge in [-0.3, -0.25) is 10.1 Å². The highest BCUT2D eigenvalue weighted by Gasteiger charge is 2.20. The second-order valence-electron chi connectivity index (χ2n) is 5.35. The monoisotopic (exact) mass is 342 g/mol. The molecule has 1 saturated carbocycles. The van der Waals surface area contributed by atoms with Crippen molar-refractivity contribution in [1.82, 2.24) is 5.32 Å². The van der Waals surface area contributed by atoms with E-state index in [1.807, 2.05) is 6.07 Å². The molecule has 1 aliphatic rings. The number of aliphatic hydroxyl groups excluding tert-OH is 1. The van der Waals surface area contributed by atoms with Crippen LogP contribution in [0.25, 0.3) is 0 Å². The van der Waals surface area contributed by atoms with Crippen LogP contribution in [0, 0.1) is 16.0 Å². The molecule has 0 heterocycles. The minimum absolute atomic E-state index is 0.135. The van der Waals surface area contributed by atoms with Crippen molar-refractivity contribution in [1.29, 1.82) is 0 Å². The fourth-order valence-electron chi connectivity index (χ4n) is 2.72. The summed E-state index contributed by atoms with van der Waals surface area (Å²) in [5.41, 5.74) is 0.824. The molecule has 2 atom stereocenters. The second kappa shape index (κ2) is 7.15. The van der Waals surface area contributed by atoms with Crippen LogP contribution in [0.15, 0.2) is 22.7 Å². The number of hydrogen-bond donors (Lipinski definition) is 2. The van der Waals surface area contributed by atoms with Crippen LogP contribution in [0.3, 0.4) is 0 Å². The molecule has 2 unspecified atom stereocenters. The predicted molar refractivity (Wildman–Crippen MR) is 80.5 cm³/mol. The van der Waals surface area contributed by atoms with E-state index in [0.29, 0.717) is 22.5 Å². The summed E-state index contributed by atoms with van der Waals surface area (Å²) in [5.74, 6) is 0.466.